The molecule has 0 aliphatic carbocycles. The van der Waals surface area contributed by atoms with E-state index in [1.54, 1.807) is 0 Å². The molecule has 12 heavy (non-hydrogen) atoms. The number of aromatic nitrogens is 3. The summed E-state index contributed by atoms with van der Waals surface area (Å²) in [6.45, 7) is 0. The van der Waals surface area contributed by atoms with Crippen molar-refractivity contribution in [3.63, 3.8) is 0 Å². The number of rotatable bonds is 1. The van der Waals surface area contributed by atoms with Gasteiger partial charge in [0.25, 0.3) is 0 Å². The minimum Gasteiger partial charge on any atom is -0.336 e. The highest BCUT2D eigenvalue weighted by Gasteiger charge is 2.02. The maximum absolute atomic E-state index is 5.56. The van der Waals surface area contributed by atoms with Crippen molar-refractivity contribution in [1.29, 1.82) is 0 Å². The lowest BCUT2D eigenvalue weighted by Crippen LogP contribution is -2.07. The maximum atomic E-state index is 5.56. The molecule has 1 aromatic carbocycles. The summed E-state index contributed by atoms with van der Waals surface area (Å²) in [5, 5.41) is 7.56. The summed E-state index contributed by atoms with van der Waals surface area (Å²) in [6.07, 6.45) is 1.47. The summed E-state index contributed by atoms with van der Waals surface area (Å²) in [4.78, 5) is 0. The second-order valence-electron chi connectivity index (χ2n) is 2.43. The highest BCUT2D eigenvalue weighted by Crippen LogP contribution is 2.12. The summed E-state index contributed by atoms with van der Waals surface area (Å²) >= 11 is 0. The standard InChI is InChI=1S/C8H8N4/c9-12-6-10-11-8(12)7-4-2-1-3-5-7/h1-6H,9H2. The minimum atomic E-state index is 0.676. The van der Waals surface area contributed by atoms with Crippen molar-refractivity contribution in [2.24, 2.45) is 0 Å². The van der Waals surface area contributed by atoms with Crippen LogP contribution in [0, 0.1) is 0 Å². The first kappa shape index (κ1) is 6.84. The molecule has 0 radical (unpaired) electrons. The largest absolute Gasteiger partial charge is 0.336 e. The van der Waals surface area contributed by atoms with Crippen molar-refractivity contribution >= 4 is 0 Å². The van der Waals surface area contributed by atoms with Gasteiger partial charge in [0.1, 0.15) is 6.33 Å². The van der Waals surface area contributed by atoms with Gasteiger partial charge in [-0.1, -0.05) is 30.3 Å². The summed E-state index contributed by atoms with van der Waals surface area (Å²) in [5.74, 6) is 6.24. The third kappa shape index (κ3) is 1.03. The van der Waals surface area contributed by atoms with Gasteiger partial charge in [0.2, 0.25) is 0 Å². The quantitative estimate of drug-likeness (QED) is 0.623. The Hall–Kier alpha value is -1.84. The first-order valence-electron chi connectivity index (χ1n) is 3.58. The Morgan fingerprint density at radius 3 is 2.50 bits per heavy atom. The summed E-state index contributed by atoms with van der Waals surface area (Å²) in [6, 6.07) is 9.69. The SMILES string of the molecule is Nn1cnnc1-c1ccccc1. The molecule has 1 heterocycles. The van der Waals surface area contributed by atoms with Crippen LogP contribution in [0.2, 0.25) is 0 Å². The van der Waals surface area contributed by atoms with Crippen LogP contribution >= 0.6 is 0 Å². The monoisotopic (exact) mass is 160 g/mol. The fourth-order valence-corrected chi connectivity index (χ4v) is 1.04. The van der Waals surface area contributed by atoms with Crippen molar-refractivity contribution in [3.8, 4) is 11.4 Å². The number of nitrogens with two attached hydrogens (primary N) is 1. The number of hydrogen-bond acceptors (Lipinski definition) is 3. The van der Waals surface area contributed by atoms with Crippen molar-refractivity contribution in [3.05, 3.63) is 36.7 Å². The van der Waals surface area contributed by atoms with Crippen LogP contribution in [0.1, 0.15) is 0 Å². The van der Waals surface area contributed by atoms with Gasteiger partial charge in [-0.05, 0) is 0 Å². The molecule has 2 aromatic rings. The van der Waals surface area contributed by atoms with Crippen LogP contribution in [0.3, 0.4) is 0 Å². The number of nitrogens with zero attached hydrogens (tertiary/aromatic N) is 3. The lowest BCUT2D eigenvalue weighted by atomic mass is 10.2. The zero-order chi connectivity index (χ0) is 8.39. The van der Waals surface area contributed by atoms with Gasteiger partial charge >= 0.3 is 0 Å². The Kier molecular flexibility index (Phi) is 1.51. The van der Waals surface area contributed by atoms with Crippen molar-refractivity contribution < 1.29 is 0 Å². The van der Waals surface area contributed by atoms with Gasteiger partial charge in [0, 0.05) is 5.56 Å². The van der Waals surface area contributed by atoms with E-state index in [0.717, 1.165) is 5.56 Å². The predicted molar refractivity (Wildman–Crippen MR) is 45.6 cm³/mol. The second-order valence-corrected chi connectivity index (χ2v) is 2.43. The Balaban J connectivity index is 2.51. The van der Waals surface area contributed by atoms with E-state index in [2.05, 4.69) is 10.2 Å². The molecule has 0 bridgehead atoms. The molecule has 0 aliphatic rings. The predicted octanol–water partition coefficient (Wildman–Crippen LogP) is 0.659. The Morgan fingerprint density at radius 2 is 1.92 bits per heavy atom. The van der Waals surface area contributed by atoms with Crippen LogP contribution in [0.15, 0.2) is 36.7 Å². The second kappa shape index (κ2) is 2.65. The Morgan fingerprint density at radius 1 is 1.17 bits per heavy atom. The van der Waals surface area contributed by atoms with Crippen LogP contribution in [-0.2, 0) is 0 Å². The fourth-order valence-electron chi connectivity index (χ4n) is 1.04. The third-order valence-corrected chi connectivity index (χ3v) is 1.61. The lowest BCUT2D eigenvalue weighted by Gasteiger charge is -1.97. The molecule has 0 aliphatic heterocycles. The summed E-state index contributed by atoms with van der Waals surface area (Å²) in [7, 11) is 0. The Labute approximate surface area is 69.6 Å². The molecule has 60 valence electrons. The van der Waals surface area contributed by atoms with Crippen LogP contribution in [0.4, 0.5) is 0 Å². The Bertz CT molecular complexity index is 366. The molecular weight excluding hydrogens is 152 g/mol. The molecule has 4 nitrogen and oxygen atoms in total. The zero-order valence-electron chi connectivity index (χ0n) is 6.38. The van der Waals surface area contributed by atoms with E-state index >= 15 is 0 Å². The molecule has 0 saturated heterocycles. The van der Waals surface area contributed by atoms with Gasteiger partial charge in [-0.25, -0.2) is 4.68 Å². The minimum absolute atomic E-state index is 0.676. The smallest absolute Gasteiger partial charge is 0.182 e. The molecule has 2 rings (SSSR count). The molecule has 0 unspecified atom stereocenters. The lowest BCUT2D eigenvalue weighted by molar-refractivity contribution is 1.01. The van der Waals surface area contributed by atoms with Gasteiger partial charge < -0.3 is 5.84 Å². The molecule has 0 atom stereocenters. The van der Waals surface area contributed by atoms with E-state index in [4.69, 9.17) is 5.84 Å². The van der Waals surface area contributed by atoms with Gasteiger partial charge in [-0.3, -0.25) is 0 Å². The molecule has 4 heteroatoms. The molecular formula is C8H8N4. The molecule has 0 saturated carbocycles. The highest BCUT2D eigenvalue weighted by molar-refractivity contribution is 5.54. The van der Waals surface area contributed by atoms with Gasteiger partial charge in [0.15, 0.2) is 5.82 Å². The fraction of sp³-hybridized carbons (Fsp3) is 0. The molecule has 2 N–H and O–H groups in total. The molecule has 0 amide bonds. The number of benzene rings is 1. The van der Waals surface area contributed by atoms with Crippen molar-refractivity contribution in [1.82, 2.24) is 14.9 Å². The van der Waals surface area contributed by atoms with Crippen molar-refractivity contribution in [2.75, 3.05) is 5.84 Å². The van der Waals surface area contributed by atoms with Crippen LogP contribution in [0.5, 0.6) is 0 Å². The highest BCUT2D eigenvalue weighted by atomic mass is 15.4. The van der Waals surface area contributed by atoms with E-state index in [1.165, 1.54) is 11.0 Å². The van der Waals surface area contributed by atoms with Gasteiger partial charge in [0.05, 0.1) is 0 Å². The first-order valence-corrected chi connectivity index (χ1v) is 3.58. The molecule has 0 spiro atoms. The van der Waals surface area contributed by atoms with Crippen molar-refractivity contribution in [2.45, 2.75) is 0 Å². The van der Waals surface area contributed by atoms with Gasteiger partial charge in [-0.2, -0.15) is 0 Å². The zero-order valence-corrected chi connectivity index (χ0v) is 6.38. The van der Waals surface area contributed by atoms with E-state index in [9.17, 15) is 0 Å². The van der Waals surface area contributed by atoms with E-state index in [0.29, 0.717) is 5.82 Å². The number of nitrogen functional groups attached to an aromatic ring is 1. The average molecular weight is 160 g/mol. The topological polar surface area (TPSA) is 56.7 Å². The molecule has 1 aromatic heterocycles. The summed E-state index contributed by atoms with van der Waals surface area (Å²) in [5.41, 5.74) is 0.970. The normalized spacial score (nSPS) is 10.0. The maximum Gasteiger partial charge on any atom is 0.182 e. The van der Waals surface area contributed by atoms with E-state index in [1.807, 2.05) is 30.3 Å². The average Bonchev–Trinajstić information content (AvgIpc) is 2.53. The van der Waals surface area contributed by atoms with Gasteiger partial charge in [-0.15, -0.1) is 10.2 Å². The van der Waals surface area contributed by atoms with Crippen LogP contribution in [-0.4, -0.2) is 14.9 Å². The van der Waals surface area contributed by atoms with E-state index < -0.39 is 0 Å². The summed E-state index contributed by atoms with van der Waals surface area (Å²) < 4.78 is 1.40. The number of hydrogen-bond donors (Lipinski definition) is 1. The van der Waals surface area contributed by atoms with Crippen LogP contribution < -0.4 is 5.84 Å². The van der Waals surface area contributed by atoms with Crippen LogP contribution in [0.25, 0.3) is 11.4 Å². The van der Waals surface area contributed by atoms with E-state index in [-0.39, 0.29) is 0 Å². The first-order chi connectivity index (χ1) is 5.88. The molecule has 0 fully saturated rings. The third-order valence-electron chi connectivity index (χ3n) is 1.61.